The van der Waals surface area contributed by atoms with Gasteiger partial charge in [-0.25, -0.2) is 4.68 Å². The lowest BCUT2D eigenvalue weighted by Gasteiger charge is -2.10. The van der Waals surface area contributed by atoms with Gasteiger partial charge < -0.3 is 5.32 Å². The minimum Gasteiger partial charge on any atom is -0.379 e. The van der Waals surface area contributed by atoms with Gasteiger partial charge in [0.2, 0.25) is 0 Å². The van der Waals surface area contributed by atoms with Gasteiger partial charge in [0.25, 0.3) is 0 Å². The molecule has 0 aliphatic rings. The summed E-state index contributed by atoms with van der Waals surface area (Å²) in [4.78, 5) is 8.28. The average Bonchev–Trinajstić information content (AvgIpc) is 3.02. The summed E-state index contributed by atoms with van der Waals surface area (Å²) < 4.78 is 1.62. The Kier molecular flexibility index (Phi) is 3.32. The number of tetrazole rings is 1. The number of rotatable bonds is 4. The summed E-state index contributed by atoms with van der Waals surface area (Å²) in [6.07, 6.45) is 6.65. The van der Waals surface area contributed by atoms with E-state index in [1.165, 1.54) is 0 Å². The van der Waals surface area contributed by atoms with E-state index in [-0.39, 0.29) is 0 Å². The molecule has 2 heterocycles. The first kappa shape index (κ1) is 12.2. The van der Waals surface area contributed by atoms with Gasteiger partial charge in [0.1, 0.15) is 6.33 Å². The first-order chi connectivity index (χ1) is 9.83. The van der Waals surface area contributed by atoms with Gasteiger partial charge in [-0.15, -0.1) is 5.10 Å². The molecule has 1 aromatic carbocycles. The molecule has 0 amide bonds. The molecule has 0 bridgehead atoms. The van der Waals surface area contributed by atoms with Gasteiger partial charge in [-0.05, 0) is 35.0 Å². The molecule has 7 nitrogen and oxygen atoms in total. The second-order valence-electron chi connectivity index (χ2n) is 4.30. The summed E-state index contributed by atoms with van der Waals surface area (Å²) in [6.45, 7) is 2.66. The molecular formula is C13H13N7. The highest BCUT2D eigenvalue weighted by molar-refractivity contribution is 5.56. The number of hydrogen-bond donors (Lipinski definition) is 1. The van der Waals surface area contributed by atoms with Crippen LogP contribution < -0.4 is 5.32 Å². The summed E-state index contributed by atoms with van der Waals surface area (Å²) in [5.41, 5.74) is 3.95. The minimum absolute atomic E-state index is 0.619. The molecule has 0 radical (unpaired) electrons. The first-order valence-corrected chi connectivity index (χ1v) is 6.16. The third kappa shape index (κ3) is 2.61. The van der Waals surface area contributed by atoms with Crippen molar-refractivity contribution in [1.29, 1.82) is 0 Å². The summed E-state index contributed by atoms with van der Waals surface area (Å²) >= 11 is 0. The maximum Gasteiger partial charge on any atom is 0.143 e. The molecule has 7 heteroatoms. The molecule has 0 saturated heterocycles. The molecule has 1 N–H and O–H groups in total. The van der Waals surface area contributed by atoms with E-state index in [1.807, 2.05) is 25.1 Å². The molecule has 0 saturated carbocycles. The van der Waals surface area contributed by atoms with Crippen LogP contribution in [0.2, 0.25) is 0 Å². The van der Waals surface area contributed by atoms with Crippen LogP contribution in [-0.2, 0) is 6.54 Å². The lowest BCUT2D eigenvalue weighted by atomic mass is 10.2. The van der Waals surface area contributed by atoms with E-state index in [1.54, 1.807) is 29.6 Å². The van der Waals surface area contributed by atoms with E-state index in [2.05, 4.69) is 30.8 Å². The van der Waals surface area contributed by atoms with E-state index in [4.69, 9.17) is 0 Å². The molecule has 3 rings (SSSR count). The molecule has 0 fully saturated rings. The van der Waals surface area contributed by atoms with Crippen LogP contribution in [0.5, 0.6) is 0 Å². The maximum absolute atomic E-state index is 4.23. The van der Waals surface area contributed by atoms with Gasteiger partial charge in [0, 0.05) is 18.1 Å². The van der Waals surface area contributed by atoms with E-state index in [0.717, 1.165) is 22.6 Å². The van der Waals surface area contributed by atoms with Gasteiger partial charge >= 0.3 is 0 Å². The lowest BCUT2D eigenvalue weighted by Crippen LogP contribution is -2.04. The third-order valence-electron chi connectivity index (χ3n) is 2.91. The van der Waals surface area contributed by atoms with Gasteiger partial charge in [-0.3, -0.25) is 9.97 Å². The summed E-state index contributed by atoms with van der Waals surface area (Å²) in [7, 11) is 0. The smallest absolute Gasteiger partial charge is 0.143 e. The van der Waals surface area contributed by atoms with E-state index in [9.17, 15) is 0 Å². The van der Waals surface area contributed by atoms with Crippen molar-refractivity contribution in [2.75, 3.05) is 5.32 Å². The second kappa shape index (κ2) is 5.43. The van der Waals surface area contributed by atoms with Crippen molar-refractivity contribution in [2.45, 2.75) is 13.5 Å². The molecule has 0 aliphatic heterocycles. The Morgan fingerprint density at radius 3 is 2.95 bits per heavy atom. The van der Waals surface area contributed by atoms with Crippen LogP contribution in [0.25, 0.3) is 5.69 Å². The molecular weight excluding hydrogens is 254 g/mol. The van der Waals surface area contributed by atoms with Crippen molar-refractivity contribution in [3.8, 4) is 5.69 Å². The van der Waals surface area contributed by atoms with Crippen LogP contribution in [0.3, 0.4) is 0 Å². The number of anilines is 1. The Morgan fingerprint density at radius 1 is 1.25 bits per heavy atom. The second-order valence-corrected chi connectivity index (χ2v) is 4.30. The zero-order valence-electron chi connectivity index (χ0n) is 10.9. The molecule has 0 unspecified atom stereocenters. The van der Waals surface area contributed by atoms with Crippen LogP contribution in [0.15, 0.2) is 43.1 Å². The van der Waals surface area contributed by atoms with Crippen LogP contribution in [0.1, 0.15) is 11.3 Å². The Balaban J connectivity index is 1.80. The number of hydrogen-bond acceptors (Lipinski definition) is 6. The van der Waals surface area contributed by atoms with Crippen molar-refractivity contribution in [2.24, 2.45) is 0 Å². The van der Waals surface area contributed by atoms with Crippen LogP contribution in [0, 0.1) is 6.92 Å². The number of aromatic nitrogens is 6. The fraction of sp³-hybridized carbons (Fsp3) is 0.154. The fourth-order valence-electron chi connectivity index (χ4n) is 1.83. The van der Waals surface area contributed by atoms with E-state index >= 15 is 0 Å². The minimum atomic E-state index is 0.619. The van der Waals surface area contributed by atoms with E-state index < -0.39 is 0 Å². The summed E-state index contributed by atoms with van der Waals surface area (Å²) in [5, 5.41) is 14.5. The normalized spacial score (nSPS) is 10.4. The molecule has 0 spiro atoms. The Hall–Kier alpha value is -2.83. The van der Waals surface area contributed by atoms with Crippen LogP contribution in [0.4, 0.5) is 5.69 Å². The zero-order valence-corrected chi connectivity index (χ0v) is 10.9. The highest BCUT2D eigenvalue weighted by Gasteiger charge is 2.03. The van der Waals surface area contributed by atoms with Crippen molar-refractivity contribution in [3.05, 3.63) is 54.4 Å². The molecule has 0 aliphatic carbocycles. The summed E-state index contributed by atoms with van der Waals surface area (Å²) in [5.74, 6) is 0. The highest BCUT2D eigenvalue weighted by Crippen LogP contribution is 2.19. The van der Waals surface area contributed by atoms with Crippen LogP contribution in [-0.4, -0.2) is 30.2 Å². The van der Waals surface area contributed by atoms with Gasteiger partial charge in [0.15, 0.2) is 0 Å². The quantitative estimate of drug-likeness (QED) is 0.769. The van der Waals surface area contributed by atoms with Crippen molar-refractivity contribution in [1.82, 2.24) is 30.2 Å². The maximum atomic E-state index is 4.23. The van der Waals surface area contributed by atoms with Gasteiger partial charge in [-0.1, -0.05) is 6.07 Å². The van der Waals surface area contributed by atoms with Gasteiger partial charge in [0.05, 0.1) is 24.1 Å². The predicted octanol–water partition coefficient (Wildman–Crippen LogP) is 1.37. The SMILES string of the molecule is Cc1ccc(-n2cnnn2)cc1NCc1cnccn1. The summed E-state index contributed by atoms with van der Waals surface area (Å²) in [6, 6.07) is 6.00. The number of nitrogens with one attached hydrogen (secondary N) is 1. The highest BCUT2D eigenvalue weighted by atomic mass is 15.5. The first-order valence-electron chi connectivity index (χ1n) is 6.16. The molecule has 0 atom stereocenters. The van der Waals surface area contributed by atoms with Crippen molar-refractivity contribution < 1.29 is 0 Å². The van der Waals surface area contributed by atoms with Crippen LogP contribution >= 0.6 is 0 Å². The Labute approximate surface area is 115 Å². The third-order valence-corrected chi connectivity index (χ3v) is 2.91. The van der Waals surface area contributed by atoms with E-state index in [0.29, 0.717) is 6.54 Å². The predicted molar refractivity (Wildman–Crippen MR) is 73.2 cm³/mol. The van der Waals surface area contributed by atoms with Gasteiger partial charge in [-0.2, -0.15) is 0 Å². The number of aryl methyl sites for hydroxylation is 1. The number of benzene rings is 1. The number of nitrogens with zero attached hydrogens (tertiary/aromatic N) is 6. The van der Waals surface area contributed by atoms with Crippen molar-refractivity contribution in [3.63, 3.8) is 0 Å². The molecule has 2 aromatic heterocycles. The Morgan fingerprint density at radius 2 is 2.20 bits per heavy atom. The molecule has 20 heavy (non-hydrogen) atoms. The lowest BCUT2D eigenvalue weighted by molar-refractivity contribution is 0.789. The fourth-order valence-corrected chi connectivity index (χ4v) is 1.83. The molecule has 3 aromatic rings. The monoisotopic (exact) mass is 267 g/mol. The topological polar surface area (TPSA) is 81.4 Å². The standard InChI is InChI=1S/C13H13N7/c1-10-2-3-12(20-9-17-18-19-20)6-13(10)16-8-11-7-14-4-5-15-11/h2-7,9,16H,8H2,1H3. The average molecular weight is 267 g/mol. The molecule has 100 valence electrons. The largest absolute Gasteiger partial charge is 0.379 e. The Bertz CT molecular complexity index is 679. The van der Waals surface area contributed by atoms with Crippen molar-refractivity contribution >= 4 is 5.69 Å². The zero-order chi connectivity index (χ0) is 13.8.